The maximum absolute atomic E-state index is 12.9. The molecule has 0 aliphatic carbocycles. The zero-order valence-electron chi connectivity index (χ0n) is 15.7. The highest BCUT2D eigenvalue weighted by Crippen LogP contribution is 2.38. The highest BCUT2D eigenvalue weighted by molar-refractivity contribution is 7.12. The summed E-state index contributed by atoms with van der Waals surface area (Å²) >= 11 is 1.47. The Hall–Kier alpha value is -2.54. The van der Waals surface area contributed by atoms with Crippen LogP contribution in [0.25, 0.3) is 0 Å². The predicted molar refractivity (Wildman–Crippen MR) is 103 cm³/mol. The molecule has 1 aromatic heterocycles. The third-order valence-corrected chi connectivity index (χ3v) is 5.71. The van der Waals surface area contributed by atoms with Crippen LogP contribution in [0.5, 0.6) is 17.2 Å². The number of carbonyl (C=O) groups is 2. The van der Waals surface area contributed by atoms with Crippen molar-refractivity contribution >= 4 is 23.0 Å². The molecule has 7 heteroatoms. The minimum Gasteiger partial charge on any atom is -0.493 e. The van der Waals surface area contributed by atoms with Crippen LogP contribution in [-0.4, -0.2) is 51.0 Å². The number of ether oxygens (including phenoxy) is 3. The first-order chi connectivity index (χ1) is 13.1. The first kappa shape index (κ1) is 19.2. The van der Waals surface area contributed by atoms with E-state index in [4.69, 9.17) is 14.2 Å². The summed E-state index contributed by atoms with van der Waals surface area (Å²) < 4.78 is 16.0. The SMILES string of the molecule is COc1cc(C(=O)N2CCC(C(=O)c3cccs3)CC2)cc(OC)c1OC. The number of rotatable bonds is 6. The number of Topliss-reactive ketones (excluding diaryl/α,β-unsaturated/α-hetero) is 1. The molecule has 1 aromatic carbocycles. The molecule has 27 heavy (non-hydrogen) atoms. The summed E-state index contributed by atoms with van der Waals surface area (Å²) in [4.78, 5) is 28.0. The lowest BCUT2D eigenvalue weighted by Crippen LogP contribution is -2.40. The average Bonchev–Trinajstić information content (AvgIpc) is 3.26. The lowest BCUT2D eigenvalue weighted by atomic mass is 9.91. The number of amides is 1. The summed E-state index contributed by atoms with van der Waals surface area (Å²) in [5, 5.41) is 1.91. The molecule has 1 aliphatic rings. The molecule has 0 saturated carbocycles. The van der Waals surface area contributed by atoms with E-state index in [2.05, 4.69) is 0 Å². The Bertz CT molecular complexity index is 785. The van der Waals surface area contributed by atoms with E-state index in [1.54, 1.807) is 17.0 Å². The smallest absolute Gasteiger partial charge is 0.254 e. The number of likely N-dealkylation sites (tertiary alicyclic amines) is 1. The van der Waals surface area contributed by atoms with Crippen LogP contribution >= 0.6 is 11.3 Å². The normalized spacial score (nSPS) is 14.7. The van der Waals surface area contributed by atoms with Gasteiger partial charge in [-0.1, -0.05) is 6.07 Å². The molecule has 2 aromatic rings. The molecule has 1 saturated heterocycles. The minimum absolute atomic E-state index is 0.0207. The fraction of sp³-hybridized carbons (Fsp3) is 0.400. The summed E-state index contributed by atoms with van der Waals surface area (Å²) in [6.07, 6.45) is 1.35. The Morgan fingerprint density at radius 1 is 1.04 bits per heavy atom. The van der Waals surface area contributed by atoms with E-state index in [1.807, 2.05) is 17.5 Å². The number of thiophene rings is 1. The second-order valence-electron chi connectivity index (χ2n) is 6.32. The molecule has 0 unspecified atom stereocenters. The highest BCUT2D eigenvalue weighted by Gasteiger charge is 2.29. The fourth-order valence-electron chi connectivity index (χ4n) is 3.35. The molecule has 0 spiro atoms. The molecule has 0 N–H and O–H groups in total. The van der Waals surface area contributed by atoms with Crippen molar-refractivity contribution in [3.63, 3.8) is 0 Å². The molecule has 2 heterocycles. The van der Waals surface area contributed by atoms with E-state index in [9.17, 15) is 9.59 Å². The summed E-state index contributed by atoms with van der Waals surface area (Å²) in [5.41, 5.74) is 0.479. The van der Waals surface area contributed by atoms with Crippen molar-refractivity contribution in [3.8, 4) is 17.2 Å². The highest BCUT2D eigenvalue weighted by atomic mass is 32.1. The van der Waals surface area contributed by atoms with Gasteiger partial charge in [0, 0.05) is 24.6 Å². The maximum atomic E-state index is 12.9. The first-order valence-electron chi connectivity index (χ1n) is 8.76. The van der Waals surface area contributed by atoms with Gasteiger partial charge in [-0.3, -0.25) is 9.59 Å². The van der Waals surface area contributed by atoms with E-state index in [0.29, 0.717) is 48.7 Å². The molecular formula is C20H23NO5S. The Morgan fingerprint density at radius 3 is 2.15 bits per heavy atom. The molecule has 0 bridgehead atoms. The molecule has 1 aliphatic heterocycles. The standard InChI is InChI=1S/C20H23NO5S/c1-24-15-11-14(12-16(25-2)19(15)26-3)20(23)21-8-6-13(7-9-21)18(22)17-5-4-10-27-17/h4-5,10-13H,6-9H2,1-3H3. The number of hydrogen-bond acceptors (Lipinski definition) is 6. The Kier molecular flexibility index (Phi) is 6.01. The summed E-state index contributed by atoms with van der Waals surface area (Å²) in [5.74, 6) is 1.41. The van der Waals surface area contributed by atoms with E-state index in [-0.39, 0.29) is 17.6 Å². The van der Waals surface area contributed by atoms with Crippen LogP contribution in [0.4, 0.5) is 0 Å². The third-order valence-electron chi connectivity index (χ3n) is 4.83. The second kappa shape index (κ2) is 8.43. The second-order valence-corrected chi connectivity index (χ2v) is 7.27. The zero-order chi connectivity index (χ0) is 19.4. The average molecular weight is 389 g/mol. The van der Waals surface area contributed by atoms with Crippen LogP contribution in [0, 0.1) is 5.92 Å². The van der Waals surface area contributed by atoms with Gasteiger partial charge in [0.15, 0.2) is 17.3 Å². The van der Waals surface area contributed by atoms with Gasteiger partial charge in [-0.15, -0.1) is 11.3 Å². The third kappa shape index (κ3) is 3.93. The summed E-state index contributed by atoms with van der Waals surface area (Å²) in [6.45, 7) is 1.11. The monoisotopic (exact) mass is 389 g/mol. The number of methoxy groups -OCH3 is 3. The summed E-state index contributed by atoms with van der Waals surface area (Å²) in [6, 6.07) is 7.07. The van der Waals surface area contributed by atoms with Crippen molar-refractivity contribution in [2.45, 2.75) is 12.8 Å². The van der Waals surface area contributed by atoms with Gasteiger partial charge in [-0.05, 0) is 36.4 Å². The van der Waals surface area contributed by atoms with Crippen LogP contribution in [0.3, 0.4) is 0 Å². The van der Waals surface area contributed by atoms with Crippen LogP contribution in [0.2, 0.25) is 0 Å². The van der Waals surface area contributed by atoms with Gasteiger partial charge >= 0.3 is 0 Å². The van der Waals surface area contributed by atoms with E-state index in [0.717, 1.165) is 4.88 Å². The number of nitrogens with zero attached hydrogens (tertiary/aromatic N) is 1. The van der Waals surface area contributed by atoms with Gasteiger partial charge < -0.3 is 19.1 Å². The van der Waals surface area contributed by atoms with E-state index < -0.39 is 0 Å². The van der Waals surface area contributed by atoms with Crippen molar-refractivity contribution in [1.29, 1.82) is 0 Å². The van der Waals surface area contributed by atoms with E-state index in [1.165, 1.54) is 32.7 Å². The molecule has 3 rings (SSSR count). The molecule has 6 nitrogen and oxygen atoms in total. The zero-order valence-corrected chi connectivity index (χ0v) is 16.5. The Labute approximate surface area is 162 Å². The van der Waals surface area contributed by atoms with Gasteiger partial charge in [0.2, 0.25) is 5.75 Å². The van der Waals surface area contributed by atoms with Gasteiger partial charge in [-0.25, -0.2) is 0 Å². The lowest BCUT2D eigenvalue weighted by Gasteiger charge is -2.31. The van der Waals surface area contributed by atoms with Crippen LogP contribution < -0.4 is 14.2 Å². The molecule has 0 atom stereocenters. The van der Waals surface area contributed by atoms with Gasteiger partial charge in [0.05, 0.1) is 26.2 Å². The minimum atomic E-state index is -0.101. The fourth-order valence-corrected chi connectivity index (χ4v) is 4.10. The van der Waals surface area contributed by atoms with E-state index >= 15 is 0 Å². The van der Waals surface area contributed by atoms with Crippen molar-refractivity contribution in [2.75, 3.05) is 34.4 Å². The number of ketones is 1. The quantitative estimate of drug-likeness (QED) is 0.708. The molecular weight excluding hydrogens is 366 g/mol. The molecule has 1 fully saturated rings. The number of benzene rings is 1. The van der Waals surface area contributed by atoms with Crippen molar-refractivity contribution in [3.05, 3.63) is 40.1 Å². The molecule has 144 valence electrons. The van der Waals surface area contributed by atoms with Crippen molar-refractivity contribution in [2.24, 2.45) is 5.92 Å². The van der Waals surface area contributed by atoms with Crippen molar-refractivity contribution < 1.29 is 23.8 Å². The first-order valence-corrected chi connectivity index (χ1v) is 9.64. The Morgan fingerprint density at radius 2 is 1.67 bits per heavy atom. The molecule has 1 amide bonds. The topological polar surface area (TPSA) is 65.1 Å². The van der Waals surface area contributed by atoms with Crippen LogP contribution in [0.1, 0.15) is 32.9 Å². The Balaban J connectivity index is 1.71. The number of carbonyl (C=O) groups excluding carboxylic acids is 2. The summed E-state index contributed by atoms with van der Waals surface area (Å²) in [7, 11) is 4.57. The predicted octanol–water partition coefficient (Wildman–Crippen LogP) is 3.51. The van der Waals surface area contributed by atoms with Gasteiger partial charge in [0.1, 0.15) is 0 Å². The van der Waals surface area contributed by atoms with Gasteiger partial charge in [0.25, 0.3) is 5.91 Å². The van der Waals surface area contributed by atoms with Crippen molar-refractivity contribution in [1.82, 2.24) is 4.90 Å². The van der Waals surface area contributed by atoms with Crippen LogP contribution in [-0.2, 0) is 0 Å². The number of hydrogen-bond donors (Lipinski definition) is 0. The largest absolute Gasteiger partial charge is 0.493 e. The lowest BCUT2D eigenvalue weighted by molar-refractivity contribution is 0.0651. The molecule has 0 radical (unpaired) electrons. The maximum Gasteiger partial charge on any atom is 0.254 e. The number of piperidine rings is 1. The van der Waals surface area contributed by atoms with Crippen LogP contribution in [0.15, 0.2) is 29.6 Å². The van der Waals surface area contributed by atoms with Gasteiger partial charge in [-0.2, -0.15) is 0 Å².